The minimum Gasteiger partial charge on any atom is -0.390 e. The van der Waals surface area contributed by atoms with Crippen LogP contribution in [0, 0.1) is 0 Å². The van der Waals surface area contributed by atoms with Gasteiger partial charge >= 0.3 is 0 Å². The van der Waals surface area contributed by atoms with Crippen molar-refractivity contribution in [3.05, 3.63) is 47.8 Å². The summed E-state index contributed by atoms with van der Waals surface area (Å²) in [6.07, 6.45) is 2.51. The fraction of sp³-hybridized carbons (Fsp3) is 0.308. The van der Waals surface area contributed by atoms with Crippen LogP contribution in [0.25, 0.3) is 0 Å². The molecule has 0 aliphatic heterocycles. The molecule has 0 radical (unpaired) electrons. The van der Waals surface area contributed by atoms with E-state index in [-0.39, 0.29) is 17.8 Å². The molecule has 2 aromatic rings. The largest absolute Gasteiger partial charge is 0.390 e. The predicted molar refractivity (Wildman–Crippen MR) is 71.5 cm³/mol. The van der Waals surface area contributed by atoms with Crippen molar-refractivity contribution in [2.24, 2.45) is 0 Å². The number of hydrogen-bond donors (Lipinski definition) is 1. The molecule has 0 bridgehead atoms. The van der Waals surface area contributed by atoms with E-state index in [1.54, 1.807) is 4.57 Å². The minimum absolute atomic E-state index is 0.0205. The van der Waals surface area contributed by atoms with Gasteiger partial charge in [-0.1, -0.05) is 30.3 Å². The summed E-state index contributed by atoms with van der Waals surface area (Å²) in [5, 5.41) is 9.32. The third-order valence-electron chi connectivity index (χ3n) is 3.00. The Morgan fingerprint density at radius 2 is 1.95 bits per heavy atom. The van der Waals surface area contributed by atoms with Crippen LogP contribution in [0.4, 0.5) is 0 Å². The van der Waals surface area contributed by atoms with Crippen molar-refractivity contribution in [2.75, 3.05) is 6.26 Å². The molecule has 1 aromatic heterocycles. The summed E-state index contributed by atoms with van der Waals surface area (Å²) in [7, 11) is -3.44. The van der Waals surface area contributed by atoms with E-state index >= 15 is 0 Å². The molecule has 1 aromatic carbocycles. The topological polar surface area (TPSA) is 72.2 Å². The number of aliphatic hydroxyl groups is 1. The molecular weight excluding hydrogens is 264 g/mol. The maximum atomic E-state index is 11.8. The van der Waals surface area contributed by atoms with E-state index < -0.39 is 9.84 Å². The summed E-state index contributed by atoms with van der Waals surface area (Å²) in [5.41, 5.74) is 1.44. The molecule has 0 spiro atoms. The van der Waals surface area contributed by atoms with Crippen molar-refractivity contribution in [3.8, 4) is 0 Å². The van der Waals surface area contributed by atoms with E-state index in [1.165, 1.54) is 6.20 Å². The summed E-state index contributed by atoms with van der Waals surface area (Å²) in [6.45, 7) is 1.63. The van der Waals surface area contributed by atoms with Crippen molar-refractivity contribution in [1.29, 1.82) is 0 Å². The van der Waals surface area contributed by atoms with Crippen LogP contribution in [-0.2, 0) is 16.4 Å². The standard InChI is InChI=1S/C13H16N2O3S/c1-10(11-6-4-3-5-7-11)15-12(9-16)8-14-13(15)19(2,17)18/h3-8,10,16H,9H2,1-2H3/t10-/m0/s1. The first-order valence-electron chi connectivity index (χ1n) is 5.87. The third kappa shape index (κ3) is 2.69. The normalized spacial score (nSPS) is 13.4. The van der Waals surface area contributed by atoms with Crippen molar-refractivity contribution in [1.82, 2.24) is 9.55 Å². The van der Waals surface area contributed by atoms with Gasteiger partial charge in [-0.2, -0.15) is 0 Å². The molecule has 0 aliphatic rings. The van der Waals surface area contributed by atoms with E-state index in [0.717, 1.165) is 11.8 Å². The van der Waals surface area contributed by atoms with Crippen LogP contribution in [-0.4, -0.2) is 29.3 Å². The molecule has 0 fully saturated rings. The Hall–Kier alpha value is -1.66. The van der Waals surface area contributed by atoms with Crippen LogP contribution in [0.3, 0.4) is 0 Å². The number of benzene rings is 1. The van der Waals surface area contributed by atoms with Gasteiger partial charge in [-0.3, -0.25) is 0 Å². The highest BCUT2D eigenvalue weighted by molar-refractivity contribution is 7.90. The summed E-state index contributed by atoms with van der Waals surface area (Å²) in [4.78, 5) is 3.92. The number of sulfone groups is 1. The zero-order valence-corrected chi connectivity index (χ0v) is 11.6. The van der Waals surface area contributed by atoms with Crippen LogP contribution in [0.15, 0.2) is 41.7 Å². The van der Waals surface area contributed by atoms with Gasteiger partial charge < -0.3 is 9.67 Å². The zero-order chi connectivity index (χ0) is 14.0. The minimum atomic E-state index is -3.44. The second-order valence-electron chi connectivity index (χ2n) is 4.42. The summed E-state index contributed by atoms with van der Waals surface area (Å²) >= 11 is 0. The highest BCUT2D eigenvalue weighted by Crippen LogP contribution is 2.24. The zero-order valence-electron chi connectivity index (χ0n) is 10.8. The van der Waals surface area contributed by atoms with Gasteiger partial charge in [0.15, 0.2) is 0 Å². The number of nitrogens with zero attached hydrogens (tertiary/aromatic N) is 2. The lowest BCUT2D eigenvalue weighted by molar-refractivity contribution is 0.267. The molecule has 6 heteroatoms. The van der Waals surface area contributed by atoms with Gasteiger partial charge in [0.05, 0.1) is 24.5 Å². The molecule has 1 heterocycles. The number of aromatic nitrogens is 2. The van der Waals surface area contributed by atoms with E-state index in [9.17, 15) is 13.5 Å². The number of rotatable bonds is 4. The summed E-state index contributed by atoms with van der Waals surface area (Å²) in [6, 6.07) is 9.29. The Morgan fingerprint density at radius 1 is 1.32 bits per heavy atom. The molecule has 0 saturated heterocycles. The van der Waals surface area contributed by atoms with Gasteiger partial charge in [-0.15, -0.1) is 0 Å². The van der Waals surface area contributed by atoms with Crippen LogP contribution < -0.4 is 0 Å². The van der Waals surface area contributed by atoms with Crippen LogP contribution in [0.2, 0.25) is 0 Å². The SMILES string of the molecule is C[C@@H](c1ccccc1)n1c(CO)cnc1S(C)(=O)=O. The highest BCUT2D eigenvalue weighted by atomic mass is 32.2. The molecule has 0 aliphatic carbocycles. The quantitative estimate of drug-likeness (QED) is 0.918. The second-order valence-corrected chi connectivity index (χ2v) is 6.33. The number of hydrogen-bond acceptors (Lipinski definition) is 4. The molecule has 0 unspecified atom stereocenters. The lowest BCUT2D eigenvalue weighted by Crippen LogP contribution is -2.16. The van der Waals surface area contributed by atoms with Gasteiger partial charge in [0.25, 0.3) is 0 Å². The van der Waals surface area contributed by atoms with Crippen molar-refractivity contribution in [2.45, 2.75) is 24.7 Å². The van der Waals surface area contributed by atoms with Gasteiger partial charge in [0, 0.05) is 6.26 Å². The van der Waals surface area contributed by atoms with E-state index in [0.29, 0.717) is 5.69 Å². The average molecular weight is 280 g/mol. The van der Waals surface area contributed by atoms with E-state index in [2.05, 4.69) is 4.98 Å². The lowest BCUT2D eigenvalue weighted by atomic mass is 10.1. The Morgan fingerprint density at radius 3 is 2.47 bits per heavy atom. The second kappa shape index (κ2) is 5.14. The Kier molecular flexibility index (Phi) is 3.73. The van der Waals surface area contributed by atoms with Gasteiger partial charge in [0.2, 0.25) is 15.0 Å². The highest BCUT2D eigenvalue weighted by Gasteiger charge is 2.22. The smallest absolute Gasteiger partial charge is 0.228 e. The fourth-order valence-corrected chi connectivity index (χ4v) is 2.94. The Balaban J connectivity index is 2.58. The van der Waals surface area contributed by atoms with Gasteiger partial charge in [-0.05, 0) is 12.5 Å². The van der Waals surface area contributed by atoms with Crippen LogP contribution >= 0.6 is 0 Å². The monoisotopic (exact) mass is 280 g/mol. The van der Waals surface area contributed by atoms with Crippen molar-refractivity contribution < 1.29 is 13.5 Å². The van der Waals surface area contributed by atoms with Gasteiger partial charge in [-0.25, -0.2) is 13.4 Å². The molecule has 19 heavy (non-hydrogen) atoms. The van der Waals surface area contributed by atoms with Crippen molar-refractivity contribution >= 4 is 9.84 Å². The lowest BCUT2D eigenvalue weighted by Gasteiger charge is -2.18. The van der Waals surface area contributed by atoms with E-state index in [1.807, 2.05) is 37.3 Å². The first-order chi connectivity index (χ1) is 8.95. The molecule has 5 nitrogen and oxygen atoms in total. The predicted octanol–water partition coefficient (Wildman–Crippen LogP) is 1.39. The molecule has 0 saturated carbocycles. The van der Waals surface area contributed by atoms with Gasteiger partial charge in [0.1, 0.15) is 0 Å². The summed E-state index contributed by atoms with van der Waals surface area (Å²) in [5.74, 6) is 0. The molecule has 2 rings (SSSR count). The number of aliphatic hydroxyl groups excluding tert-OH is 1. The Labute approximate surface area is 112 Å². The maximum absolute atomic E-state index is 11.8. The molecule has 1 atom stereocenters. The van der Waals surface area contributed by atoms with E-state index in [4.69, 9.17) is 0 Å². The van der Waals surface area contributed by atoms with Crippen LogP contribution in [0.5, 0.6) is 0 Å². The number of imidazole rings is 1. The molecule has 102 valence electrons. The fourth-order valence-electron chi connectivity index (χ4n) is 2.06. The first-order valence-corrected chi connectivity index (χ1v) is 7.76. The van der Waals surface area contributed by atoms with Crippen molar-refractivity contribution in [3.63, 3.8) is 0 Å². The average Bonchev–Trinajstić information content (AvgIpc) is 2.82. The maximum Gasteiger partial charge on any atom is 0.228 e. The Bertz CT molecular complexity index is 662. The first kappa shape index (κ1) is 13.8. The molecular formula is C13H16N2O3S. The van der Waals surface area contributed by atoms with Crippen LogP contribution in [0.1, 0.15) is 24.2 Å². The summed E-state index contributed by atoms with van der Waals surface area (Å²) < 4.78 is 25.1. The third-order valence-corrected chi connectivity index (χ3v) is 3.97. The molecule has 0 amide bonds. The molecule has 1 N–H and O–H groups in total.